The summed E-state index contributed by atoms with van der Waals surface area (Å²) in [5.74, 6) is 0.918. The van der Waals surface area contributed by atoms with Gasteiger partial charge in [-0.1, -0.05) is 19.8 Å². The molecule has 1 heterocycles. The van der Waals surface area contributed by atoms with Crippen molar-refractivity contribution >= 4 is 0 Å². The average Bonchev–Trinajstić information content (AvgIpc) is 2.18. The van der Waals surface area contributed by atoms with Gasteiger partial charge >= 0.3 is 0 Å². The third-order valence-electron chi connectivity index (χ3n) is 3.03. The molecule has 0 radical (unpaired) electrons. The minimum atomic E-state index is 0.918. The summed E-state index contributed by atoms with van der Waals surface area (Å²) >= 11 is 0. The van der Waals surface area contributed by atoms with E-state index in [9.17, 15) is 0 Å². The molecule has 13 heavy (non-hydrogen) atoms. The zero-order chi connectivity index (χ0) is 9.10. The summed E-state index contributed by atoms with van der Waals surface area (Å²) in [5, 5.41) is 0. The number of pyridine rings is 1. The van der Waals surface area contributed by atoms with Crippen LogP contribution in [-0.2, 0) is 12.8 Å². The van der Waals surface area contributed by atoms with Gasteiger partial charge in [0.05, 0.1) is 0 Å². The van der Waals surface area contributed by atoms with Gasteiger partial charge < -0.3 is 0 Å². The molecule has 0 saturated carbocycles. The fraction of sp³-hybridized carbons (Fsp3) is 0.583. The maximum atomic E-state index is 4.19. The molecule has 1 nitrogen and oxygen atoms in total. The van der Waals surface area contributed by atoms with Crippen LogP contribution in [0.4, 0.5) is 0 Å². The fourth-order valence-corrected chi connectivity index (χ4v) is 2.31. The molecular formula is C12H17N. The van der Waals surface area contributed by atoms with E-state index in [0.717, 1.165) is 5.92 Å². The molecule has 0 N–H and O–H groups in total. The molecule has 2 rings (SSSR count). The molecule has 1 aliphatic carbocycles. The lowest BCUT2D eigenvalue weighted by molar-refractivity contribution is 0.422. The maximum absolute atomic E-state index is 4.19. The largest absolute Gasteiger partial charge is 0.264 e. The standard InChI is InChI=1S/C12H17N/c1-2-3-10-4-5-11-6-7-13-9-12(11)8-10/h6-7,9-10H,2-5,8H2,1H3. The van der Waals surface area contributed by atoms with Crippen LogP contribution in [0.25, 0.3) is 0 Å². The molecule has 1 heteroatoms. The van der Waals surface area contributed by atoms with E-state index < -0.39 is 0 Å². The van der Waals surface area contributed by atoms with E-state index in [1.54, 1.807) is 0 Å². The van der Waals surface area contributed by atoms with Gasteiger partial charge in [0, 0.05) is 12.4 Å². The highest BCUT2D eigenvalue weighted by Crippen LogP contribution is 2.27. The molecule has 1 aromatic heterocycles. The van der Waals surface area contributed by atoms with Gasteiger partial charge in [-0.3, -0.25) is 4.98 Å². The van der Waals surface area contributed by atoms with Crippen molar-refractivity contribution in [1.82, 2.24) is 4.98 Å². The highest BCUT2D eigenvalue weighted by atomic mass is 14.6. The Bertz CT molecular complexity index is 280. The maximum Gasteiger partial charge on any atom is 0.0302 e. The first kappa shape index (κ1) is 8.74. The molecule has 70 valence electrons. The lowest BCUT2D eigenvalue weighted by Gasteiger charge is -2.23. The summed E-state index contributed by atoms with van der Waals surface area (Å²) in [6.07, 6.45) is 10.6. The SMILES string of the molecule is CCCC1CCc2ccncc2C1. The predicted molar refractivity (Wildman–Crippen MR) is 54.7 cm³/mol. The first-order valence-corrected chi connectivity index (χ1v) is 5.32. The minimum absolute atomic E-state index is 0.918. The highest BCUT2D eigenvalue weighted by molar-refractivity contribution is 5.26. The van der Waals surface area contributed by atoms with Crippen molar-refractivity contribution in [3.05, 3.63) is 29.6 Å². The van der Waals surface area contributed by atoms with E-state index in [-0.39, 0.29) is 0 Å². The molecule has 0 aliphatic heterocycles. The van der Waals surface area contributed by atoms with Crippen molar-refractivity contribution in [2.45, 2.75) is 39.0 Å². The molecule has 1 aromatic rings. The van der Waals surface area contributed by atoms with E-state index in [1.165, 1.54) is 43.2 Å². The summed E-state index contributed by atoms with van der Waals surface area (Å²) in [6.45, 7) is 2.28. The number of nitrogens with zero attached hydrogens (tertiary/aromatic N) is 1. The van der Waals surface area contributed by atoms with Gasteiger partial charge in [0.1, 0.15) is 0 Å². The van der Waals surface area contributed by atoms with Crippen LogP contribution < -0.4 is 0 Å². The lowest BCUT2D eigenvalue weighted by atomic mass is 9.83. The summed E-state index contributed by atoms with van der Waals surface area (Å²) in [6, 6.07) is 2.18. The number of hydrogen-bond donors (Lipinski definition) is 0. The monoisotopic (exact) mass is 175 g/mol. The van der Waals surface area contributed by atoms with Gasteiger partial charge in [-0.15, -0.1) is 0 Å². The van der Waals surface area contributed by atoms with Gasteiger partial charge in [0.25, 0.3) is 0 Å². The van der Waals surface area contributed by atoms with Crippen molar-refractivity contribution in [2.75, 3.05) is 0 Å². The fourth-order valence-electron chi connectivity index (χ4n) is 2.31. The van der Waals surface area contributed by atoms with Crippen LogP contribution in [0.2, 0.25) is 0 Å². The Morgan fingerprint density at radius 3 is 3.23 bits per heavy atom. The van der Waals surface area contributed by atoms with E-state index in [0.29, 0.717) is 0 Å². The van der Waals surface area contributed by atoms with Crippen LogP contribution >= 0.6 is 0 Å². The van der Waals surface area contributed by atoms with Crippen molar-refractivity contribution in [2.24, 2.45) is 5.92 Å². The Balaban J connectivity index is 2.11. The summed E-state index contributed by atoms with van der Waals surface area (Å²) in [7, 11) is 0. The number of fused-ring (bicyclic) bond motifs is 1. The third-order valence-corrected chi connectivity index (χ3v) is 3.03. The lowest BCUT2D eigenvalue weighted by Crippen LogP contribution is -2.14. The van der Waals surface area contributed by atoms with Gasteiger partial charge in [0.15, 0.2) is 0 Å². The van der Waals surface area contributed by atoms with Crippen LogP contribution in [0.3, 0.4) is 0 Å². The van der Waals surface area contributed by atoms with Gasteiger partial charge in [-0.2, -0.15) is 0 Å². The van der Waals surface area contributed by atoms with Gasteiger partial charge in [0.2, 0.25) is 0 Å². The average molecular weight is 175 g/mol. The summed E-state index contributed by atoms with van der Waals surface area (Å²) in [4.78, 5) is 4.19. The number of rotatable bonds is 2. The molecule has 0 aromatic carbocycles. The molecule has 1 unspecified atom stereocenters. The number of aryl methyl sites for hydroxylation is 1. The predicted octanol–water partition coefficient (Wildman–Crippen LogP) is 2.99. The molecule has 0 saturated heterocycles. The van der Waals surface area contributed by atoms with Crippen LogP contribution in [0, 0.1) is 5.92 Å². The van der Waals surface area contributed by atoms with Gasteiger partial charge in [-0.05, 0) is 42.4 Å². The molecule has 0 fully saturated rings. The topological polar surface area (TPSA) is 12.9 Å². The van der Waals surface area contributed by atoms with E-state index in [2.05, 4.69) is 24.2 Å². The molecule has 1 atom stereocenters. The second kappa shape index (κ2) is 3.91. The van der Waals surface area contributed by atoms with Gasteiger partial charge in [-0.25, -0.2) is 0 Å². The Kier molecular flexibility index (Phi) is 2.62. The second-order valence-corrected chi connectivity index (χ2v) is 4.04. The molecule has 1 aliphatic rings. The normalized spacial score (nSPS) is 21.2. The Labute approximate surface area is 80.2 Å². The number of hydrogen-bond acceptors (Lipinski definition) is 1. The smallest absolute Gasteiger partial charge is 0.0302 e. The Morgan fingerprint density at radius 2 is 2.38 bits per heavy atom. The van der Waals surface area contributed by atoms with E-state index in [4.69, 9.17) is 0 Å². The van der Waals surface area contributed by atoms with E-state index in [1.807, 2.05) is 6.20 Å². The minimum Gasteiger partial charge on any atom is -0.264 e. The molecular weight excluding hydrogens is 158 g/mol. The van der Waals surface area contributed by atoms with Crippen molar-refractivity contribution in [3.8, 4) is 0 Å². The van der Waals surface area contributed by atoms with Crippen LogP contribution in [0.15, 0.2) is 18.5 Å². The quantitative estimate of drug-likeness (QED) is 0.673. The zero-order valence-corrected chi connectivity index (χ0v) is 8.29. The Hall–Kier alpha value is -0.850. The van der Waals surface area contributed by atoms with E-state index >= 15 is 0 Å². The molecule has 0 amide bonds. The van der Waals surface area contributed by atoms with Crippen LogP contribution in [0.5, 0.6) is 0 Å². The Morgan fingerprint density at radius 1 is 1.46 bits per heavy atom. The van der Waals surface area contributed by atoms with Crippen LogP contribution in [-0.4, -0.2) is 4.98 Å². The van der Waals surface area contributed by atoms with Crippen molar-refractivity contribution in [1.29, 1.82) is 0 Å². The second-order valence-electron chi connectivity index (χ2n) is 4.04. The zero-order valence-electron chi connectivity index (χ0n) is 8.29. The molecule has 0 spiro atoms. The van der Waals surface area contributed by atoms with Crippen molar-refractivity contribution < 1.29 is 0 Å². The third kappa shape index (κ3) is 1.90. The summed E-state index contributed by atoms with van der Waals surface area (Å²) in [5.41, 5.74) is 3.02. The first-order valence-electron chi connectivity index (χ1n) is 5.32. The van der Waals surface area contributed by atoms with Crippen LogP contribution in [0.1, 0.15) is 37.3 Å². The molecule has 0 bridgehead atoms. The van der Waals surface area contributed by atoms with Crippen molar-refractivity contribution in [3.63, 3.8) is 0 Å². The number of aromatic nitrogens is 1. The summed E-state index contributed by atoms with van der Waals surface area (Å²) < 4.78 is 0. The first-order chi connectivity index (χ1) is 6.40. The highest BCUT2D eigenvalue weighted by Gasteiger charge is 2.17.